The van der Waals surface area contributed by atoms with Crippen molar-refractivity contribution in [1.82, 2.24) is 9.69 Å². The number of amides is 2. The fraction of sp³-hybridized carbons (Fsp3) is 0.214. The molecule has 0 bridgehead atoms. The van der Waals surface area contributed by atoms with Gasteiger partial charge in [-0.2, -0.15) is 4.37 Å². The van der Waals surface area contributed by atoms with Gasteiger partial charge in [0.25, 0.3) is 5.91 Å². The third-order valence-corrected chi connectivity index (χ3v) is 3.94. The van der Waals surface area contributed by atoms with Gasteiger partial charge in [-0.15, -0.1) is 0 Å². The Hall–Kier alpha value is -2.41. The molecule has 1 heterocycles. The van der Waals surface area contributed by atoms with Crippen molar-refractivity contribution in [1.29, 1.82) is 0 Å². The average Bonchev–Trinajstić information content (AvgIpc) is 2.86. The van der Waals surface area contributed by atoms with Gasteiger partial charge in [-0.25, -0.2) is 0 Å². The molecule has 0 aliphatic carbocycles. The summed E-state index contributed by atoms with van der Waals surface area (Å²) >= 11 is 1.25. The molecule has 7 heteroatoms. The summed E-state index contributed by atoms with van der Waals surface area (Å²) in [7, 11) is 1.75. The highest BCUT2D eigenvalue weighted by Crippen LogP contribution is 2.23. The molecule has 6 nitrogen and oxygen atoms in total. The molecule has 0 saturated carbocycles. The Balaban J connectivity index is 2.09. The smallest absolute Gasteiger partial charge is 0.256 e. The molecule has 2 rings (SSSR count). The van der Waals surface area contributed by atoms with E-state index in [4.69, 9.17) is 5.73 Å². The Morgan fingerprint density at radius 3 is 2.81 bits per heavy atom. The first-order valence-electron chi connectivity index (χ1n) is 6.34. The normalized spacial score (nSPS) is 10.2. The van der Waals surface area contributed by atoms with Crippen LogP contribution >= 0.6 is 11.5 Å². The molecular formula is C14H16N4O2S. The Morgan fingerprint density at radius 2 is 2.14 bits per heavy atom. The summed E-state index contributed by atoms with van der Waals surface area (Å²) in [6.07, 6.45) is 0. The molecule has 0 radical (unpaired) electrons. The summed E-state index contributed by atoms with van der Waals surface area (Å²) in [5.74, 6) is -0.686. The van der Waals surface area contributed by atoms with Gasteiger partial charge < -0.3 is 16.4 Å². The summed E-state index contributed by atoms with van der Waals surface area (Å²) in [5, 5.41) is 6.50. The molecule has 1 aromatic carbocycles. The minimum absolute atomic E-state index is 0.199. The van der Waals surface area contributed by atoms with E-state index in [2.05, 4.69) is 15.0 Å². The Morgan fingerprint density at radius 1 is 1.38 bits per heavy atom. The number of aromatic nitrogens is 1. The van der Waals surface area contributed by atoms with E-state index in [1.54, 1.807) is 32.2 Å². The van der Waals surface area contributed by atoms with Crippen molar-refractivity contribution >= 4 is 28.3 Å². The van der Waals surface area contributed by atoms with E-state index in [1.807, 2.05) is 6.07 Å². The topological polar surface area (TPSA) is 97.1 Å². The maximum absolute atomic E-state index is 12.2. The van der Waals surface area contributed by atoms with Crippen LogP contribution in [0.3, 0.4) is 0 Å². The molecule has 0 aliphatic heterocycles. The lowest BCUT2D eigenvalue weighted by Crippen LogP contribution is -2.24. The molecule has 21 heavy (non-hydrogen) atoms. The molecule has 0 unspecified atom stereocenters. The van der Waals surface area contributed by atoms with E-state index in [1.165, 1.54) is 11.5 Å². The van der Waals surface area contributed by atoms with Crippen LogP contribution < -0.4 is 16.4 Å². The lowest BCUT2D eigenvalue weighted by atomic mass is 10.1. The summed E-state index contributed by atoms with van der Waals surface area (Å²) < 4.78 is 4.16. The largest absolute Gasteiger partial charge is 0.378 e. The van der Waals surface area contributed by atoms with Gasteiger partial charge in [0.15, 0.2) is 0 Å². The maximum Gasteiger partial charge on any atom is 0.256 e. The fourth-order valence-electron chi connectivity index (χ4n) is 1.91. The number of primary amides is 1. The van der Waals surface area contributed by atoms with Crippen LogP contribution in [-0.4, -0.2) is 23.2 Å². The molecule has 1 aromatic heterocycles. The van der Waals surface area contributed by atoms with Crippen LogP contribution in [0.4, 0.5) is 5.00 Å². The molecule has 4 N–H and O–H groups in total. The van der Waals surface area contributed by atoms with Gasteiger partial charge in [0, 0.05) is 19.2 Å². The van der Waals surface area contributed by atoms with Crippen LogP contribution in [-0.2, 0) is 6.54 Å². The van der Waals surface area contributed by atoms with Gasteiger partial charge in [-0.05, 0) is 36.2 Å². The zero-order chi connectivity index (χ0) is 15.4. The number of benzene rings is 1. The van der Waals surface area contributed by atoms with Gasteiger partial charge in [-0.3, -0.25) is 9.59 Å². The van der Waals surface area contributed by atoms with E-state index >= 15 is 0 Å². The van der Waals surface area contributed by atoms with Gasteiger partial charge in [-0.1, -0.05) is 12.1 Å². The quantitative estimate of drug-likeness (QED) is 0.780. The van der Waals surface area contributed by atoms with Crippen molar-refractivity contribution in [2.24, 2.45) is 5.73 Å². The minimum Gasteiger partial charge on any atom is -0.378 e. The van der Waals surface area contributed by atoms with E-state index < -0.39 is 5.91 Å². The van der Waals surface area contributed by atoms with E-state index in [0.29, 0.717) is 23.4 Å². The number of rotatable bonds is 5. The molecule has 0 spiro atoms. The SMILES string of the molecule is CNc1snc(C)c1C(=O)NCc1cccc(C(N)=O)c1. The number of hydrogen-bond donors (Lipinski definition) is 3. The fourth-order valence-corrected chi connectivity index (χ4v) is 2.66. The Labute approximate surface area is 126 Å². The molecular weight excluding hydrogens is 288 g/mol. The lowest BCUT2D eigenvalue weighted by molar-refractivity contribution is 0.0950. The second-order valence-corrected chi connectivity index (χ2v) is 5.24. The summed E-state index contributed by atoms with van der Waals surface area (Å²) in [5.41, 5.74) is 7.70. The summed E-state index contributed by atoms with van der Waals surface area (Å²) in [4.78, 5) is 23.3. The highest BCUT2D eigenvalue weighted by Gasteiger charge is 2.17. The van der Waals surface area contributed by atoms with Gasteiger partial charge in [0.2, 0.25) is 5.91 Å². The molecule has 0 fully saturated rings. The van der Waals surface area contributed by atoms with Crippen LogP contribution in [0.25, 0.3) is 0 Å². The maximum atomic E-state index is 12.2. The van der Waals surface area contributed by atoms with E-state index in [0.717, 1.165) is 10.6 Å². The predicted molar refractivity (Wildman–Crippen MR) is 82.5 cm³/mol. The molecule has 110 valence electrons. The molecule has 0 atom stereocenters. The minimum atomic E-state index is -0.487. The second kappa shape index (κ2) is 6.36. The number of nitrogens with one attached hydrogen (secondary N) is 2. The van der Waals surface area contributed by atoms with Gasteiger partial charge >= 0.3 is 0 Å². The van der Waals surface area contributed by atoms with Crippen LogP contribution in [0.1, 0.15) is 32.0 Å². The lowest BCUT2D eigenvalue weighted by Gasteiger charge is -2.07. The first-order chi connectivity index (χ1) is 10.0. The number of anilines is 1. The van der Waals surface area contributed by atoms with Crippen LogP contribution in [0.15, 0.2) is 24.3 Å². The van der Waals surface area contributed by atoms with Gasteiger partial charge in [0.1, 0.15) is 5.00 Å². The number of hydrogen-bond acceptors (Lipinski definition) is 5. The summed E-state index contributed by atoms with van der Waals surface area (Å²) in [6.45, 7) is 2.11. The number of aryl methyl sites for hydroxylation is 1. The van der Waals surface area contributed by atoms with Crippen molar-refractivity contribution in [3.8, 4) is 0 Å². The van der Waals surface area contributed by atoms with E-state index in [9.17, 15) is 9.59 Å². The Kier molecular flexibility index (Phi) is 4.54. The van der Waals surface area contributed by atoms with Crippen molar-refractivity contribution < 1.29 is 9.59 Å². The number of carbonyl (C=O) groups excluding carboxylic acids is 2. The van der Waals surface area contributed by atoms with Crippen LogP contribution in [0.2, 0.25) is 0 Å². The number of nitrogens with zero attached hydrogens (tertiary/aromatic N) is 1. The van der Waals surface area contributed by atoms with Crippen molar-refractivity contribution in [2.75, 3.05) is 12.4 Å². The summed E-state index contributed by atoms with van der Waals surface area (Å²) in [6, 6.07) is 6.86. The highest BCUT2D eigenvalue weighted by atomic mass is 32.1. The standard InChI is InChI=1S/C14H16N4O2S/c1-8-11(14(16-2)21-18-8)13(20)17-7-9-4-3-5-10(6-9)12(15)19/h3-6,16H,7H2,1-2H3,(H2,15,19)(H,17,20). The van der Waals surface area contributed by atoms with Crippen LogP contribution in [0.5, 0.6) is 0 Å². The first-order valence-corrected chi connectivity index (χ1v) is 7.11. The number of carbonyl (C=O) groups is 2. The zero-order valence-electron chi connectivity index (χ0n) is 11.8. The molecule has 2 amide bonds. The van der Waals surface area contributed by atoms with Crippen molar-refractivity contribution in [3.63, 3.8) is 0 Å². The highest BCUT2D eigenvalue weighted by molar-refractivity contribution is 7.10. The van der Waals surface area contributed by atoms with Crippen molar-refractivity contribution in [2.45, 2.75) is 13.5 Å². The number of nitrogens with two attached hydrogens (primary N) is 1. The average molecular weight is 304 g/mol. The third kappa shape index (κ3) is 3.38. The molecule has 0 aliphatic rings. The third-order valence-electron chi connectivity index (χ3n) is 2.98. The van der Waals surface area contributed by atoms with Crippen molar-refractivity contribution in [3.05, 3.63) is 46.6 Å². The molecule has 2 aromatic rings. The first kappa shape index (κ1) is 15.0. The second-order valence-electron chi connectivity index (χ2n) is 4.47. The zero-order valence-corrected chi connectivity index (χ0v) is 12.6. The van der Waals surface area contributed by atoms with E-state index in [-0.39, 0.29) is 5.91 Å². The van der Waals surface area contributed by atoms with Gasteiger partial charge in [0.05, 0.1) is 11.3 Å². The molecule has 0 saturated heterocycles. The predicted octanol–water partition coefficient (Wildman–Crippen LogP) is 1.52. The van der Waals surface area contributed by atoms with Crippen LogP contribution in [0, 0.1) is 6.92 Å². The monoisotopic (exact) mass is 304 g/mol. The Bertz CT molecular complexity index is 681.